The molecule has 4 heteroatoms. The molecule has 1 aliphatic carbocycles. The number of ether oxygens (including phenoxy) is 2. The minimum atomic E-state index is 0.579. The summed E-state index contributed by atoms with van der Waals surface area (Å²) in [7, 11) is 0. The van der Waals surface area contributed by atoms with Crippen molar-refractivity contribution >= 4 is 11.6 Å². The molecule has 3 rings (SSSR count). The standard InChI is InChI=1S/C15H20ClNO2/c16-13-9-11(5-6-17-12-3-1-2-4-12)10-14-15(13)19-8-7-18-14/h9-10,12,17H,1-8H2. The molecule has 0 amide bonds. The maximum Gasteiger partial charge on any atom is 0.179 e. The molecule has 2 aliphatic rings. The van der Waals surface area contributed by atoms with Gasteiger partial charge in [0.2, 0.25) is 0 Å². The van der Waals surface area contributed by atoms with Gasteiger partial charge in [-0.3, -0.25) is 0 Å². The van der Waals surface area contributed by atoms with E-state index in [0.29, 0.717) is 30.0 Å². The lowest BCUT2D eigenvalue weighted by molar-refractivity contribution is 0.171. The molecule has 104 valence electrons. The third kappa shape index (κ3) is 3.15. The Hall–Kier alpha value is -0.930. The van der Waals surface area contributed by atoms with Gasteiger partial charge in [-0.25, -0.2) is 0 Å². The van der Waals surface area contributed by atoms with Crippen LogP contribution in [0.1, 0.15) is 31.2 Å². The van der Waals surface area contributed by atoms with Crippen LogP contribution in [0.25, 0.3) is 0 Å². The summed E-state index contributed by atoms with van der Waals surface area (Å²) in [6, 6.07) is 4.76. The maximum absolute atomic E-state index is 6.23. The molecule has 1 saturated carbocycles. The van der Waals surface area contributed by atoms with E-state index in [2.05, 4.69) is 11.4 Å². The topological polar surface area (TPSA) is 30.5 Å². The van der Waals surface area contributed by atoms with E-state index in [-0.39, 0.29) is 0 Å². The summed E-state index contributed by atoms with van der Waals surface area (Å²) in [4.78, 5) is 0. The lowest BCUT2D eigenvalue weighted by atomic mass is 10.1. The van der Waals surface area contributed by atoms with Gasteiger partial charge < -0.3 is 14.8 Å². The summed E-state index contributed by atoms with van der Waals surface area (Å²) in [6.45, 7) is 2.18. The Morgan fingerprint density at radius 3 is 2.79 bits per heavy atom. The van der Waals surface area contributed by atoms with Crippen LogP contribution < -0.4 is 14.8 Å². The van der Waals surface area contributed by atoms with E-state index in [4.69, 9.17) is 21.1 Å². The Morgan fingerprint density at radius 1 is 1.16 bits per heavy atom. The van der Waals surface area contributed by atoms with E-state index >= 15 is 0 Å². The third-order valence-corrected chi connectivity index (χ3v) is 4.14. The van der Waals surface area contributed by atoms with Crippen LogP contribution in [-0.2, 0) is 6.42 Å². The molecule has 1 aromatic rings. The minimum absolute atomic E-state index is 0.579. The van der Waals surface area contributed by atoms with Crippen molar-refractivity contribution in [2.45, 2.75) is 38.1 Å². The second-order valence-electron chi connectivity index (χ2n) is 5.29. The van der Waals surface area contributed by atoms with Gasteiger partial charge in [0.1, 0.15) is 13.2 Å². The quantitative estimate of drug-likeness (QED) is 0.919. The Labute approximate surface area is 119 Å². The van der Waals surface area contributed by atoms with Gasteiger partial charge in [0, 0.05) is 6.04 Å². The van der Waals surface area contributed by atoms with Crippen LogP contribution in [-0.4, -0.2) is 25.8 Å². The average Bonchev–Trinajstić information content (AvgIpc) is 2.92. The van der Waals surface area contributed by atoms with Crippen LogP contribution in [0, 0.1) is 0 Å². The van der Waals surface area contributed by atoms with Gasteiger partial charge in [-0.1, -0.05) is 24.4 Å². The van der Waals surface area contributed by atoms with Gasteiger partial charge in [0.05, 0.1) is 5.02 Å². The molecule has 0 aromatic heterocycles. The first-order valence-electron chi connectivity index (χ1n) is 7.14. The van der Waals surface area contributed by atoms with E-state index in [9.17, 15) is 0 Å². The van der Waals surface area contributed by atoms with E-state index in [0.717, 1.165) is 18.7 Å². The van der Waals surface area contributed by atoms with Crippen LogP contribution in [0.2, 0.25) is 5.02 Å². The lowest BCUT2D eigenvalue weighted by Gasteiger charge is -2.20. The van der Waals surface area contributed by atoms with Crippen LogP contribution in [0.3, 0.4) is 0 Å². The summed E-state index contributed by atoms with van der Waals surface area (Å²) >= 11 is 6.23. The minimum Gasteiger partial charge on any atom is -0.486 e. The highest BCUT2D eigenvalue weighted by molar-refractivity contribution is 6.32. The number of rotatable bonds is 4. The molecule has 0 spiro atoms. The molecule has 1 fully saturated rings. The first-order chi connectivity index (χ1) is 9.33. The summed E-state index contributed by atoms with van der Waals surface area (Å²) in [5.41, 5.74) is 1.21. The number of benzene rings is 1. The monoisotopic (exact) mass is 281 g/mol. The van der Waals surface area contributed by atoms with Crippen molar-refractivity contribution in [1.29, 1.82) is 0 Å². The predicted molar refractivity (Wildman–Crippen MR) is 76.4 cm³/mol. The number of nitrogens with one attached hydrogen (secondary N) is 1. The van der Waals surface area contributed by atoms with Crippen LogP contribution in [0.4, 0.5) is 0 Å². The van der Waals surface area contributed by atoms with Gasteiger partial charge in [-0.15, -0.1) is 0 Å². The zero-order valence-electron chi connectivity index (χ0n) is 11.1. The Morgan fingerprint density at radius 2 is 1.95 bits per heavy atom. The molecular formula is C15H20ClNO2. The van der Waals surface area contributed by atoms with Crippen molar-refractivity contribution in [3.05, 3.63) is 22.7 Å². The third-order valence-electron chi connectivity index (χ3n) is 3.86. The van der Waals surface area contributed by atoms with Crippen molar-refractivity contribution in [1.82, 2.24) is 5.32 Å². The van der Waals surface area contributed by atoms with Crippen LogP contribution >= 0.6 is 11.6 Å². The lowest BCUT2D eigenvalue weighted by Crippen LogP contribution is -2.28. The average molecular weight is 282 g/mol. The highest BCUT2D eigenvalue weighted by Gasteiger charge is 2.17. The zero-order chi connectivity index (χ0) is 13.1. The summed E-state index contributed by atoms with van der Waals surface area (Å²) in [5, 5.41) is 4.27. The van der Waals surface area contributed by atoms with Gasteiger partial charge >= 0.3 is 0 Å². The molecular weight excluding hydrogens is 262 g/mol. The SMILES string of the molecule is Clc1cc(CCNC2CCCC2)cc2c1OCCO2. The van der Waals surface area contributed by atoms with Crippen molar-refractivity contribution in [2.24, 2.45) is 0 Å². The van der Waals surface area contributed by atoms with Crippen molar-refractivity contribution < 1.29 is 9.47 Å². The Bertz CT molecular complexity index is 444. The Kier molecular flexibility index (Phi) is 4.14. The molecule has 0 bridgehead atoms. The summed E-state index contributed by atoms with van der Waals surface area (Å²) in [5.74, 6) is 1.48. The van der Waals surface area contributed by atoms with Gasteiger partial charge in [-0.2, -0.15) is 0 Å². The van der Waals surface area contributed by atoms with Gasteiger partial charge in [0.25, 0.3) is 0 Å². The molecule has 0 saturated heterocycles. The van der Waals surface area contributed by atoms with Crippen LogP contribution in [0.5, 0.6) is 11.5 Å². The second kappa shape index (κ2) is 6.02. The second-order valence-corrected chi connectivity index (χ2v) is 5.69. The maximum atomic E-state index is 6.23. The first kappa shape index (κ1) is 13.1. The fourth-order valence-corrected chi connectivity index (χ4v) is 3.15. The molecule has 0 atom stereocenters. The summed E-state index contributed by atoms with van der Waals surface area (Å²) < 4.78 is 11.1. The van der Waals surface area contributed by atoms with E-state index in [1.54, 1.807) is 0 Å². The zero-order valence-corrected chi connectivity index (χ0v) is 11.8. The smallest absolute Gasteiger partial charge is 0.179 e. The van der Waals surface area contributed by atoms with Gasteiger partial charge in [-0.05, 0) is 43.5 Å². The van der Waals surface area contributed by atoms with Crippen molar-refractivity contribution in [3.8, 4) is 11.5 Å². The largest absolute Gasteiger partial charge is 0.486 e. The molecule has 1 N–H and O–H groups in total. The van der Waals surface area contributed by atoms with E-state index in [1.807, 2.05) is 6.07 Å². The molecule has 19 heavy (non-hydrogen) atoms. The first-order valence-corrected chi connectivity index (χ1v) is 7.52. The number of fused-ring (bicyclic) bond motifs is 1. The van der Waals surface area contributed by atoms with E-state index in [1.165, 1.54) is 31.2 Å². The predicted octanol–water partition coefficient (Wildman–Crippen LogP) is 3.19. The van der Waals surface area contributed by atoms with Gasteiger partial charge in [0.15, 0.2) is 11.5 Å². The number of hydrogen-bond donors (Lipinski definition) is 1. The molecule has 0 radical (unpaired) electrons. The fourth-order valence-electron chi connectivity index (χ4n) is 2.86. The molecule has 1 aliphatic heterocycles. The highest BCUT2D eigenvalue weighted by Crippen LogP contribution is 2.38. The number of halogens is 1. The van der Waals surface area contributed by atoms with Crippen molar-refractivity contribution in [3.63, 3.8) is 0 Å². The molecule has 0 unspecified atom stereocenters. The molecule has 3 nitrogen and oxygen atoms in total. The van der Waals surface area contributed by atoms with Crippen molar-refractivity contribution in [2.75, 3.05) is 19.8 Å². The molecule has 1 aromatic carbocycles. The molecule has 1 heterocycles. The highest BCUT2D eigenvalue weighted by atomic mass is 35.5. The van der Waals surface area contributed by atoms with Crippen LogP contribution in [0.15, 0.2) is 12.1 Å². The number of hydrogen-bond acceptors (Lipinski definition) is 3. The van der Waals surface area contributed by atoms with E-state index < -0.39 is 0 Å². The fraction of sp³-hybridized carbons (Fsp3) is 0.600. The Balaban J connectivity index is 1.59. The summed E-state index contributed by atoms with van der Waals surface area (Å²) in [6.07, 6.45) is 6.36. The normalized spacial score (nSPS) is 18.8.